The maximum absolute atomic E-state index is 14.1. The van der Waals surface area contributed by atoms with Crippen molar-refractivity contribution in [3.8, 4) is 0 Å². The van der Waals surface area contributed by atoms with E-state index in [1.807, 2.05) is 18.7 Å². The average molecular weight is 431 g/mol. The predicted octanol–water partition coefficient (Wildman–Crippen LogP) is 3.39. The van der Waals surface area contributed by atoms with Gasteiger partial charge in [-0.05, 0) is 43.9 Å². The lowest BCUT2D eigenvalue weighted by atomic mass is 9.90. The van der Waals surface area contributed by atoms with Crippen molar-refractivity contribution in [3.05, 3.63) is 40.2 Å². The summed E-state index contributed by atoms with van der Waals surface area (Å²) in [5.41, 5.74) is 2.14. The molecule has 6 nitrogen and oxygen atoms in total. The van der Waals surface area contributed by atoms with Crippen LogP contribution in [0.4, 0.5) is 15.2 Å². The number of hydrogen-bond acceptors (Lipinski definition) is 5. The number of carbonyl (C=O) groups is 2. The quantitative estimate of drug-likeness (QED) is 0.808. The smallest absolute Gasteiger partial charge is 0.227 e. The van der Waals surface area contributed by atoms with Gasteiger partial charge < -0.3 is 15.1 Å². The van der Waals surface area contributed by atoms with E-state index in [-0.39, 0.29) is 23.4 Å². The van der Waals surface area contributed by atoms with Crippen molar-refractivity contribution in [2.45, 2.75) is 39.5 Å². The van der Waals surface area contributed by atoms with Gasteiger partial charge in [0.25, 0.3) is 0 Å². The minimum Gasteiger partial charge on any atom is -0.345 e. The van der Waals surface area contributed by atoms with Crippen molar-refractivity contribution in [1.29, 1.82) is 0 Å². The molecule has 30 heavy (non-hydrogen) atoms. The number of aryl methyl sites for hydroxylation is 2. The molecule has 160 valence electrons. The Bertz CT molecular complexity index is 953. The van der Waals surface area contributed by atoms with Crippen LogP contribution in [0.2, 0.25) is 0 Å². The number of carbonyl (C=O) groups excluding carboxylic acids is 2. The molecule has 0 radical (unpaired) electrons. The zero-order valence-electron chi connectivity index (χ0n) is 17.4. The van der Waals surface area contributed by atoms with Crippen LogP contribution in [0.3, 0.4) is 0 Å². The third-order valence-corrected chi connectivity index (χ3v) is 7.07. The molecule has 2 heterocycles. The number of hydrogen-bond donors (Lipinski definition) is 1. The number of fused-ring (bicyclic) bond motifs is 1. The number of thiazole rings is 1. The molecule has 1 aromatic carbocycles. The van der Waals surface area contributed by atoms with Crippen molar-refractivity contribution in [2.75, 3.05) is 36.4 Å². The topological polar surface area (TPSA) is 65.5 Å². The number of nitrogens with zero attached hydrogens (tertiary/aromatic N) is 3. The van der Waals surface area contributed by atoms with Gasteiger partial charge in [-0.3, -0.25) is 9.59 Å². The summed E-state index contributed by atoms with van der Waals surface area (Å²) < 4.78 is 14.1. The molecule has 0 saturated carbocycles. The second kappa shape index (κ2) is 8.71. The minimum atomic E-state index is -0.402. The van der Waals surface area contributed by atoms with Gasteiger partial charge in [0.15, 0.2) is 5.13 Å². The standard InChI is InChI=1S/C22H27FN4O2S/c1-3-20(28)26-8-10-27(11-9-26)22-25-18-7-5-15(13-19(18)30-22)21(29)24-17-6-4-14(2)12-16(17)23/h4,6,12,15H,3,5,7-11,13H2,1-2H3,(H,24,29)/t15-/m1/s1. The first-order valence-corrected chi connectivity index (χ1v) is 11.3. The summed E-state index contributed by atoms with van der Waals surface area (Å²) in [7, 11) is 0. The highest BCUT2D eigenvalue weighted by atomic mass is 32.1. The van der Waals surface area contributed by atoms with E-state index >= 15 is 0 Å². The molecular weight excluding hydrogens is 403 g/mol. The second-order valence-corrected chi connectivity index (χ2v) is 9.06. The minimum absolute atomic E-state index is 0.134. The number of amides is 2. The fraction of sp³-hybridized carbons (Fsp3) is 0.500. The van der Waals surface area contributed by atoms with Crippen LogP contribution in [0.5, 0.6) is 0 Å². The van der Waals surface area contributed by atoms with Gasteiger partial charge in [0.1, 0.15) is 5.82 Å². The maximum atomic E-state index is 14.1. The maximum Gasteiger partial charge on any atom is 0.227 e. The second-order valence-electron chi connectivity index (χ2n) is 8.00. The molecule has 8 heteroatoms. The molecule has 4 rings (SSSR count). The van der Waals surface area contributed by atoms with Gasteiger partial charge in [-0.1, -0.05) is 13.0 Å². The highest BCUT2D eigenvalue weighted by Crippen LogP contribution is 2.35. The number of rotatable bonds is 4. The monoisotopic (exact) mass is 430 g/mol. The van der Waals surface area contributed by atoms with E-state index in [2.05, 4.69) is 10.2 Å². The van der Waals surface area contributed by atoms with Crippen LogP contribution in [-0.4, -0.2) is 47.9 Å². The summed E-state index contributed by atoms with van der Waals surface area (Å²) in [5, 5.41) is 3.73. The molecule has 1 N–H and O–H groups in total. The van der Waals surface area contributed by atoms with Crippen molar-refractivity contribution in [3.63, 3.8) is 0 Å². The summed E-state index contributed by atoms with van der Waals surface area (Å²) in [6, 6.07) is 4.84. The molecule has 1 atom stereocenters. The molecule has 1 aliphatic heterocycles. The Kier molecular flexibility index (Phi) is 6.04. The Morgan fingerprint density at radius 3 is 2.73 bits per heavy atom. The van der Waals surface area contributed by atoms with Gasteiger partial charge >= 0.3 is 0 Å². The molecule has 0 unspecified atom stereocenters. The Balaban J connectivity index is 1.38. The van der Waals surface area contributed by atoms with Crippen molar-refractivity contribution in [2.24, 2.45) is 5.92 Å². The van der Waals surface area contributed by atoms with Gasteiger partial charge in [0, 0.05) is 43.4 Å². The first kappa shape index (κ1) is 20.8. The van der Waals surface area contributed by atoms with E-state index in [1.165, 1.54) is 6.07 Å². The molecule has 1 saturated heterocycles. The fourth-order valence-corrected chi connectivity index (χ4v) is 5.29. The van der Waals surface area contributed by atoms with Crippen molar-refractivity contribution in [1.82, 2.24) is 9.88 Å². The number of halogens is 1. The lowest BCUT2D eigenvalue weighted by molar-refractivity contribution is -0.131. The largest absolute Gasteiger partial charge is 0.345 e. The van der Waals surface area contributed by atoms with Crippen LogP contribution in [0.25, 0.3) is 0 Å². The van der Waals surface area contributed by atoms with Crippen LogP contribution in [0.1, 0.15) is 35.9 Å². The number of piperazine rings is 1. The Labute approximate surface area is 180 Å². The zero-order valence-corrected chi connectivity index (χ0v) is 18.2. The molecule has 1 aliphatic carbocycles. The molecule has 2 aromatic rings. The highest BCUT2D eigenvalue weighted by Gasteiger charge is 2.30. The van der Waals surface area contributed by atoms with Gasteiger partial charge in [-0.2, -0.15) is 0 Å². The Hall–Kier alpha value is -2.48. The number of nitrogens with one attached hydrogen (secondary N) is 1. The highest BCUT2D eigenvalue weighted by molar-refractivity contribution is 7.15. The number of anilines is 2. The van der Waals surface area contributed by atoms with Gasteiger partial charge in [0.05, 0.1) is 11.4 Å². The van der Waals surface area contributed by atoms with Gasteiger partial charge in [-0.15, -0.1) is 11.3 Å². The third kappa shape index (κ3) is 4.33. The Morgan fingerprint density at radius 2 is 2.03 bits per heavy atom. The first-order valence-electron chi connectivity index (χ1n) is 10.5. The summed E-state index contributed by atoms with van der Waals surface area (Å²) >= 11 is 1.65. The summed E-state index contributed by atoms with van der Waals surface area (Å²) in [6.07, 6.45) is 2.66. The SMILES string of the molecule is CCC(=O)N1CCN(c2nc3c(s2)C[C@H](C(=O)Nc2ccc(C)cc2F)CC3)CC1. The van der Waals surface area contributed by atoms with E-state index in [0.29, 0.717) is 19.3 Å². The molecule has 0 bridgehead atoms. The molecule has 2 aliphatic rings. The molecule has 1 fully saturated rings. The first-order chi connectivity index (χ1) is 14.4. The van der Waals surface area contributed by atoms with E-state index in [9.17, 15) is 14.0 Å². The van der Waals surface area contributed by atoms with Crippen molar-refractivity contribution < 1.29 is 14.0 Å². The zero-order chi connectivity index (χ0) is 21.3. The Morgan fingerprint density at radius 1 is 1.27 bits per heavy atom. The van der Waals surface area contributed by atoms with Crippen LogP contribution in [-0.2, 0) is 22.4 Å². The predicted molar refractivity (Wildman–Crippen MR) is 116 cm³/mol. The van der Waals surface area contributed by atoms with E-state index < -0.39 is 5.82 Å². The summed E-state index contributed by atoms with van der Waals surface area (Å²) in [6.45, 7) is 6.74. The van der Waals surface area contributed by atoms with Crippen LogP contribution in [0, 0.1) is 18.7 Å². The van der Waals surface area contributed by atoms with E-state index in [1.54, 1.807) is 23.5 Å². The van der Waals surface area contributed by atoms with Gasteiger partial charge in [0.2, 0.25) is 11.8 Å². The lowest BCUT2D eigenvalue weighted by Crippen LogP contribution is -2.48. The van der Waals surface area contributed by atoms with Gasteiger partial charge in [-0.25, -0.2) is 9.37 Å². The third-order valence-electron chi connectivity index (χ3n) is 5.89. The van der Waals surface area contributed by atoms with Crippen LogP contribution < -0.4 is 10.2 Å². The van der Waals surface area contributed by atoms with E-state index in [4.69, 9.17) is 4.98 Å². The van der Waals surface area contributed by atoms with Crippen molar-refractivity contribution >= 4 is 34.0 Å². The van der Waals surface area contributed by atoms with E-state index in [0.717, 1.165) is 53.9 Å². The number of aromatic nitrogens is 1. The lowest BCUT2D eigenvalue weighted by Gasteiger charge is -2.34. The molecular formula is C22H27FN4O2S. The fourth-order valence-electron chi connectivity index (χ4n) is 4.05. The van der Waals surface area contributed by atoms with Crippen LogP contribution in [0.15, 0.2) is 18.2 Å². The molecule has 2 amide bonds. The summed E-state index contributed by atoms with van der Waals surface area (Å²) in [4.78, 5) is 34.7. The van der Waals surface area contributed by atoms with Crippen LogP contribution >= 0.6 is 11.3 Å². The molecule has 0 spiro atoms. The normalized spacial score (nSPS) is 18.8. The number of benzene rings is 1. The summed E-state index contributed by atoms with van der Waals surface area (Å²) in [5.74, 6) is -0.511. The average Bonchev–Trinajstić information content (AvgIpc) is 3.18. The molecule has 1 aromatic heterocycles.